The number of oxazole rings is 1. The van der Waals surface area contributed by atoms with Gasteiger partial charge in [0.05, 0.1) is 6.54 Å². The van der Waals surface area contributed by atoms with Crippen LogP contribution in [0.1, 0.15) is 21.8 Å². The summed E-state index contributed by atoms with van der Waals surface area (Å²) in [4.78, 5) is 17.9. The molecular weight excluding hydrogens is 249 g/mol. The fourth-order valence-corrected chi connectivity index (χ4v) is 2.20. The molecule has 0 bridgehead atoms. The molecule has 2 heterocycles. The predicted molar refractivity (Wildman–Crippen MR) is 65.8 cm³/mol. The number of carbonyl (C=O) groups excluding carboxylic acids is 1. The third kappa shape index (κ3) is 2.16. The van der Waals surface area contributed by atoms with E-state index in [1.165, 1.54) is 18.2 Å². The Morgan fingerprint density at radius 3 is 3.11 bits per heavy atom. The summed E-state index contributed by atoms with van der Waals surface area (Å²) in [5, 5.41) is 0. The van der Waals surface area contributed by atoms with Gasteiger partial charge in [0.1, 0.15) is 17.3 Å². The molecule has 1 aromatic carbocycles. The van der Waals surface area contributed by atoms with Crippen LogP contribution in [0.5, 0.6) is 0 Å². The molecule has 2 N–H and O–H groups in total. The number of halogens is 1. The van der Waals surface area contributed by atoms with Crippen LogP contribution in [0.25, 0.3) is 0 Å². The zero-order valence-corrected chi connectivity index (χ0v) is 10.1. The third-order valence-electron chi connectivity index (χ3n) is 3.10. The molecule has 98 valence electrons. The Bertz CT molecular complexity index is 639. The highest BCUT2D eigenvalue weighted by Gasteiger charge is 2.25. The highest BCUT2D eigenvalue weighted by atomic mass is 19.1. The van der Waals surface area contributed by atoms with Gasteiger partial charge in [-0.3, -0.25) is 4.79 Å². The lowest BCUT2D eigenvalue weighted by atomic mass is 10.1. The summed E-state index contributed by atoms with van der Waals surface area (Å²) in [6, 6.07) is 5.77. The van der Waals surface area contributed by atoms with Crippen LogP contribution >= 0.6 is 0 Å². The first-order chi connectivity index (χ1) is 9.13. The van der Waals surface area contributed by atoms with Gasteiger partial charge in [-0.1, -0.05) is 6.07 Å². The average molecular weight is 261 g/mol. The molecule has 1 amide bonds. The molecule has 3 rings (SSSR count). The number of carbonyl (C=O) groups is 1. The van der Waals surface area contributed by atoms with E-state index in [0.29, 0.717) is 30.8 Å². The van der Waals surface area contributed by atoms with Crippen molar-refractivity contribution in [2.75, 3.05) is 12.3 Å². The minimum Gasteiger partial charge on any atom is -0.428 e. The van der Waals surface area contributed by atoms with E-state index in [0.717, 1.165) is 5.76 Å². The summed E-state index contributed by atoms with van der Waals surface area (Å²) >= 11 is 0. The van der Waals surface area contributed by atoms with Crippen LogP contribution in [-0.2, 0) is 13.0 Å². The van der Waals surface area contributed by atoms with Gasteiger partial charge in [-0.15, -0.1) is 0 Å². The summed E-state index contributed by atoms with van der Waals surface area (Å²) in [5.41, 5.74) is 6.49. The molecule has 0 saturated heterocycles. The lowest BCUT2D eigenvalue weighted by Crippen LogP contribution is -2.35. The molecule has 1 aliphatic heterocycles. The van der Waals surface area contributed by atoms with Crippen LogP contribution in [-0.4, -0.2) is 22.3 Å². The molecule has 0 saturated carbocycles. The molecule has 0 spiro atoms. The van der Waals surface area contributed by atoms with Crippen LogP contribution in [0, 0.1) is 5.82 Å². The topological polar surface area (TPSA) is 72.4 Å². The maximum absolute atomic E-state index is 13.1. The van der Waals surface area contributed by atoms with Crippen molar-refractivity contribution in [1.82, 2.24) is 9.88 Å². The van der Waals surface area contributed by atoms with Gasteiger partial charge in [0.15, 0.2) is 0 Å². The number of hydrogen-bond donors (Lipinski definition) is 1. The van der Waals surface area contributed by atoms with Crippen molar-refractivity contribution >= 4 is 11.9 Å². The maximum Gasteiger partial charge on any atom is 0.292 e. The van der Waals surface area contributed by atoms with Gasteiger partial charge in [-0.05, 0) is 18.2 Å². The minimum atomic E-state index is -0.422. The number of anilines is 1. The van der Waals surface area contributed by atoms with E-state index in [9.17, 15) is 9.18 Å². The average Bonchev–Trinajstić information content (AvgIpc) is 2.76. The summed E-state index contributed by atoms with van der Waals surface area (Å²) in [6.45, 7) is 0.850. The van der Waals surface area contributed by atoms with Crippen molar-refractivity contribution in [3.63, 3.8) is 0 Å². The van der Waals surface area contributed by atoms with Gasteiger partial charge in [-0.25, -0.2) is 4.39 Å². The predicted octanol–water partition coefficient (Wildman–Crippen LogP) is 1.59. The van der Waals surface area contributed by atoms with E-state index in [-0.39, 0.29) is 11.9 Å². The number of nitrogens with zero attached hydrogens (tertiary/aromatic N) is 2. The van der Waals surface area contributed by atoms with Crippen LogP contribution in [0.2, 0.25) is 0 Å². The Hall–Kier alpha value is -2.37. The molecule has 0 unspecified atom stereocenters. The van der Waals surface area contributed by atoms with Crippen molar-refractivity contribution < 1.29 is 13.6 Å². The van der Waals surface area contributed by atoms with Gasteiger partial charge >= 0.3 is 0 Å². The molecule has 0 aliphatic carbocycles. The smallest absolute Gasteiger partial charge is 0.292 e. The second-order valence-corrected chi connectivity index (χ2v) is 4.41. The summed E-state index contributed by atoms with van der Waals surface area (Å²) in [7, 11) is 0. The maximum atomic E-state index is 13.1. The molecule has 0 fully saturated rings. The largest absolute Gasteiger partial charge is 0.428 e. The van der Waals surface area contributed by atoms with Crippen molar-refractivity contribution in [2.24, 2.45) is 0 Å². The van der Waals surface area contributed by atoms with Crippen molar-refractivity contribution in [3.05, 3.63) is 47.1 Å². The van der Waals surface area contributed by atoms with Gasteiger partial charge in [0.2, 0.25) is 0 Å². The number of nitrogens with two attached hydrogens (primary N) is 1. The van der Waals surface area contributed by atoms with Crippen LogP contribution in [0.15, 0.2) is 28.7 Å². The van der Waals surface area contributed by atoms with Crippen molar-refractivity contribution in [2.45, 2.75) is 13.0 Å². The van der Waals surface area contributed by atoms with Crippen LogP contribution < -0.4 is 5.73 Å². The molecule has 1 aromatic heterocycles. The normalized spacial score (nSPS) is 14.3. The first-order valence-electron chi connectivity index (χ1n) is 5.92. The number of aromatic nitrogens is 1. The van der Waals surface area contributed by atoms with E-state index in [4.69, 9.17) is 10.2 Å². The first-order valence-corrected chi connectivity index (χ1v) is 5.92. The molecule has 5 nitrogen and oxygen atoms in total. The Morgan fingerprint density at radius 1 is 1.47 bits per heavy atom. The molecular formula is C13H12FN3O2. The Labute approximate surface area is 108 Å². The summed E-state index contributed by atoms with van der Waals surface area (Å²) < 4.78 is 18.3. The lowest BCUT2D eigenvalue weighted by molar-refractivity contribution is 0.0727. The molecule has 0 radical (unpaired) electrons. The molecule has 2 aromatic rings. The number of amides is 1. The Balaban J connectivity index is 1.83. The van der Waals surface area contributed by atoms with E-state index >= 15 is 0 Å². The molecule has 19 heavy (non-hydrogen) atoms. The van der Waals surface area contributed by atoms with E-state index < -0.39 is 5.82 Å². The van der Waals surface area contributed by atoms with E-state index in [1.54, 1.807) is 11.0 Å². The highest BCUT2D eigenvalue weighted by molar-refractivity contribution is 5.94. The fourth-order valence-electron chi connectivity index (χ4n) is 2.20. The summed E-state index contributed by atoms with van der Waals surface area (Å²) in [5.74, 6) is 0.0849. The zero-order chi connectivity index (χ0) is 13.4. The third-order valence-corrected chi connectivity index (χ3v) is 3.10. The van der Waals surface area contributed by atoms with Gasteiger partial charge in [0, 0.05) is 18.5 Å². The number of hydrogen-bond acceptors (Lipinski definition) is 4. The highest BCUT2D eigenvalue weighted by Crippen LogP contribution is 2.22. The lowest BCUT2D eigenvalue weighted by Gasteiger charge is -2.25. The summed E-state index contributed by atoms with van der Waals surface area (Å²) in [6.07, 6.45) is 0.570. The van der Waals surface area contributed by atoms with Gasteiger partial charge in [0.25, 0.3) is 11.9 Å². The Morgan fingerprint density at radius 2 is 2.32 bits per heavy atom. The molecule has 0 atom stereocenters. The Kier molecular flexibility index (Phi) is 2.70. The quantitative estimate of drug-likeness (QED) is 0.846. The number of fused-ring (bicyclic) bond motifs is 1. The molecule has 6 heteroatoms. The van der Waals surface area contributed by atoms with E-state index in [1.807, 2.05) is 0 Å². The number of nitrogen functional groups attached to an aromatic ring is 1. The second-order valence-electron chi connectivity index (χ2n) is 4.41. The standard InChI is InChI=1S/C13H12FN3O2/c14-9-3-1-2-8(6-9)12(18)17-5-4-11-10(7-17)16-13(15)19-11/h1-3,6H,4-5,7H2,(H2,15,16). The number of rotatable bonds is 1. The fraction of sp³-hybridized carbons (Fsp3) is 0.231. The number of benzene rings is 1. The van der Waals surface area contributed by atoms with Crippen molar-refractivity contribution in [1.29, 1.82) is 0 Å². The van der Waals surface area contributed by atoms with Crippen LogP contribution in [0.3, 0.4) is 0 Å². The van der Waals surface area contributed by atoms with Gasteiger partial charge < -0.3 is 15.1 Å². The van der Waals surface area contributed by atoms with Crippen LogP contribution in [0.4, 0.5) is 10.4 Å². The second kappa shape index (κ2) is 4.38. The van der Waals surface area contributed by atoms with Crippen molar-refractivity contribution in [3.8, 4) is 0 Å². The molecule has 1 aliphatic rings. The van der Waals surface area contributed by atoms with Gasteiger partial charge in [-0.2, -0.15) is 4.98 Å². The SMILES string of the molecule is Nc1nc2c(o1)CCN(C(=O)c1cccc(F)c1)C2. The minimum absolute atomic E-state index is 0.116. The zero-order valence-electron chi connectivity index (χ0n) is 10.1. The first kappa shape index (κ1) is 11.7. The van der Waals surface area contributed by atoms with E-state index in [2.05, 4.69) is 4.98 Å². The monoisotopic (exact) mass is 261 g/mol.